The van der Waals surface area contributed by atoms with E-state index in [0.29, 0.717) is 18.8 Å². The van der Waals surface area contributed by atoms with Gasteiger partial charge in [0.15, 0.2) is 0 Å². The van der Waals surface area contributed by atoms with Crippen molar-refractivity contribution in [2.45, 2.75) is 58.3 Å². The van der Waals surface area contributed by atoms with Crippen molar-refractivity contribution < 1.29 is 14.7 Å². The number of hydrogen-bond donors (Lipinski definition) is 4. The van der Waals surface area contributed by atoms with Crippen molar-refractivity contribution in [1.29, 1.82) is 0 Å². The minimum atomic E-state index is -0.952. The van der Waals surface area contributed by atoms with Crippen LogP contribution in [0.3, 0.4) is 0 Å². The number of nitrogens with one attached hydrogen (secondary N) is 3. The molecule has 0 saturated heterocycles. The molecule has 2 aromatic carbocycles. The highest BCUT2D eigenvalue weighted by atomic mass is 16.4. The van der Waals surface area contributed by atoms with Crippen LogP contribution in [0, 0.1) is 5.92 Å². The van der Waals surface area contributed by atoms with Crippen molar-refractivity contribution in [1.82, 2.24) is 15.3 Å². The number of H-pyrrole nitrogens is 1. The van der Waals surface area contributed by atoms with E-state index in [4.69, 9.17) is 4.98 Å². The predicted octanol–water partition coefficient (Wildman–Crippen LogP) is 6.50. The fourth-order valence-corrected chi connectivity index (χ4v) is 5.92. The number of pyridine rings is 1. The number of hydrogen-bond acceptors (Lipinski definition) is 4. The van der Waals surface area contributed by atoms with E-state index >= 15 is 0 Å². The SMILES string of the molecule is CC(=O)NCCC(CCCNc1c2c(nc3ccccc13)CCCC2)CCN(C(=O)O)c1ccc2[nH]ccc2c1. The minimum absolute atomic E-state index is 0.0401. The summed E-state index contributed by atoms with van der Waals surface area (Å²) in [4.78, 5) is 33.2. The molecule has 1 aliphatic rings. The zero-order chi connectivity index (χ0) is 27.9. The fourth-order valence-electron chi connectivity index (χ4n) is 5.92. The van der Waals surface area contributed by atoms with Crippen molar-refractivity contribution in [3.8, 4) is 0 Å². The topological polar surface area (TPSA) is 110 Å². The Morgan fingerprint density at radius 3 is 2.75 bits per heavy atom. The van der Waals surface area contributed by atoms with Gasteiger partial charge in [0.2, 0.25) is 5.91 Å². The summed E-state index contributed by atoms with van der Waals surface area (Å²) in [6, 6.07) is 16.0. The second-order valence-electron chi connectivity index (χ2n) is 10.8. The maximum Gasteiger partial charge on any atom is 0.411 e. The molecule has 2 aromatic heterocycles. The molecule has 40 heavy (non-hydrogen) atoms. The Morgan fingerprint density at radius 1 is 1.05 bits per heavy atom. The summed E-state index contributed by atoms with van der Waals surface area (Å²) in [7, 11) is 0. The molecule has 1 aliphatic carbocycles. The number of nitrogens with zero attached hydrogens (tertiary/aromatic N) is 2. The van der Waals surface area contributed by atoms with Crippen molar-refractivity contribution in [3.05, 3.63) is 66.0 Å². The Kier molecular flexibility index (Phi) is 8.84. The quantitative estimate of drug-likeness (QED) is 0.153. The van der Waals surface area contributed by atoms with Gasteiger partial charge < -0.3 is 20.7 Å². The Bertz CT molecular complexity index is 1480. The zero-order valence-corrected chi connectivity index (χ0v) is 23.2. The Morgan fingerprint density at radius 2 is 1.90 bits per heavy atom. The smallest absolute Gasteiger partial charge is 0.411 e. The van der Waals surface area contributed by atoms with Crippen molar-refractivity contribution >= 4 is 45.2 Å². The first kappa shape index (κ1) is 27.5. The van der Waals surface area contributed by atoms with Gasteiger partial charge in [-0.3, -0.25) is 14.7 Å². The van der Waals surface area contributed by atoms with Crippen LogP contribution >= 0.6 is 0 Å². The number of amides is 2. The highest BCUT2D eigenvalue weighted by molar-refractivity contribution is 5.93. The molecule has 1 atom stereocenters. The molecule has 0 saturated carbocycles. The lowest BCUT2D eigenvalue weighted by Crippen LogP contribution is -2.32. The number of para-hydroxylation sites is 1. The Labute approximate surface area is 235 Å². The van der Waals surface area contributed by atoms with Crippen LogP contribution in [0.25, 0.3) is 21.8 Å². The third-order valence-electron chi connectivity index (χ3n) is 8.03. The van der Waals surface area contributed by atoms with Crippen LogP contribution in [-0.4, -0.2) is 46.7 Å². The van der Waals surface area contributed by atoms with E-state index < -0.39 is 6.09 Å². The number of carbonyl (C=O) groups excluding carboxylic acids is 1. The molecule has 5 rings (SSSR count). The maximum absolute atomic E-state index is 12.2. The molecule has 8 nitrogen and oxygen atoms in total. The highest BCUT2D eigenvalue weighted by Gasteiger charge is 2.20. The summed E-state index contributed by atoms with van der Waals surface area (Å²) in [6.07, 6.45) is 8.85. The first-order valence-electron chi connectivity index (χ1n) is 14.5. The lowest BCUT2D eigenvalue weighted by Gasteiger charge is -2.24. The molecule has 8 heteroatoms. The maximum atomic E-state index is 12.2. The summed E-state index contributed by atoms with van der Waals surface area (Å²) in [5, 5.41) is 18.8. The van der Waals surface area contributed by atoms with Crippen LogP contribution in [0.2, 0.25) is 0 Å². The molecular formula is C32H39N5O3. The van der Waals surface area contributed by atoms with Crippen LogP contribution in [0.1, 0.15) is 56.7 Å². The number of carbonyl (C=O) groups is 2. The lowest BCUT2D eigenvalue weighted by atomic mass is 9.92. The Balaban J connectivity index is 1.23. The second-order valence-corrected chi connectivity index (χ2v) is 10.8. The third-order valence-corrected chi connectivity index (χ3v) is 8.03. The number of rotatable bonds is 12. The van der Waals surface area contributed by atoms with Gasteiger partial charge >= 0.3 is 6.09 Å². The van der Waals surface area contributed by atoms with E-state index in [1.807, 2.05) is 36.5 Å². The number of aromatic amines is 1. The molecule has 2 heterocycles. The molecule has 0 bridgehead atoms. The van der Waals surface area contributed by atoms with Gasteiger partial charge in [0.25, 0.3) is 0 Å². The van der Waals surface area contributed by atoms with E-state index in [9.17, 15) is 14.7 Å². The van der Waals surface area contributed by atoms with E-state index in [0.717, 1.165) is 61.5 Å². The molecule has 0 radical (unpaired) electrons. The first-order valence-corrected chi connectivity index (χ1v) is 14.5. The monoisotopic (exact) mass is 541 g/mol. The summed E-state index contributed by atoms with van der Waals surface area (Å²) in [5.41, 5.74) is 6.53. The summed E-state index contributed by atoms with van der Waals surface area (Å²) < 4.78 is 0. The molecule has 0 fully saturated rings. The van der Waals surface area contributed by atoms with Crippen LogP contribution in [0.15, 0.2) is 54.7 Å². The van der Waals surface area contributed by atoms with Crippen LogP contribution in [-0.2, 0) is 17.6 Å². The minimum Gasteiger partial charge on any atom is -0.465 e. The average molecular weight is 542 g/mol. The Hall–Kier alpha value is -4.07. The number of fused-ring (bicyclic) bond motifs is 3. The van der Waals surface area contributed by atoms with Crippen molar-refractivity contribution in [2.24, 2.45) is 5.92 Å². The molecule has 1 unspecified atom stereocenters. The van der Waals surface area contributed by atoms with Crippen molar-refractivity contribution in [3.63, 3.8) is 0 Å². The molecule has 0 spiro atoms. The van der Waals surface area contributed by atoms with Gasteiger partial charge in [0, 0.05) is 66.1 Å². The lowest BCUT2D eigenvalue weighted by molar-refractivity contribution is -0.119. The average Bonchev–Trinajstić information content (AvgIpc) is 3.42. The number of anilines is 2. The van der Waals surface area contributed by atoms with E-state index in [2.05, 4.69) is 33.8 Å². The van der Waals surface area contributed by atoms with Crippen LogP contribution in [0.5, 0.6) is 0 Å². The molecule has 210 valence electrons. The second kappa shape index (κ2) is 12.9. The third kappa shape index (κ3) is 6.55. The predicted molar refractivity (Wildman–Crippen MR) is 161 cm³/mol. The van der Waals surface area contributed by atoms with Gasteiger partial charge in [-0.2, -0.15) is 0 Å². The largest absolute Gasteiger partial charge is 0.465 e. The number of aromatic nitrogens is 2. The molecule has 4 aromatic rings. The van der Waals surface area contributed by atoms with E-state index in [-0.39, 0.29) is 11.8 Å². The molecule has 4 N–H and O–H groups in total. The van der Waals surface area contributed by atoms with E-state index in [1.54, 1.807) is 0 Å². The summed E-state index contributed by atoms with van der Waals surface area (Å²) >= 11 is 0. The van der Waals surface area contributed by atoms with Crippen molar-refractivity contribution in [2.75, 3.05) is 29.9 Å². The van der Waals surface area contributed by atoms with E-state index in [1.165, 1.54) is 47.0 Å². The summed E-state index contributed by atoms with van der Waals surface area (Å²) in [6.45, 7) is 3.37. The van der Waals surface area contributed by atoms with Crippen LogP contribution in [0.4, 0.5) is 16.2 Å². The number of carboxylic acid groups (broad SMARTS) is 1. The highest BCUT2D eigenvalue weighted by Crippen LogP contribution is 2.33. The first-order chi connectivity index (χ1) is 19.5. The number of aryl methyl sites for hydroxylation is 1. The van der Waals surface area contributed by atoms with Crippen LogP contribution < -0.4 is 15.5 Å². The fraction of sp³-hybridized carbons (Fsp3) is 0.406. The normalized spacial score (nSPS) is 13.6. The summed E-state index contributed by atoms with van der Waals surface area (Å²) in [5.74, 6) is 0.247. The molecule has 2 amide bonds. The standard InChI is InChI=1S/C32H39N5O3/c1-22(38)33-18-14-23(16-20-37(32(39)40)25-12-13-28-24(21-25)15-19-34-28)7-6-17-35-31-26-8-2-4-10-29(26)36-30-11-5-3-9-27(30)31/h2,4,8,10,12-13,15,19,21,23,34H,3,5-7,9,11,14,16-18,20H2,1H3,(H,33,38)(H,35,36)(H,39,40). The zero-order valence-electron chi connectivity index (χ0n) is 23.2. The van der Waals surface area contributed by atoms with Gasteiger partial charge in [-0.1, -0.05) is 18.2 Å². The molecule has 0 aliphatic heterocycles. The van der Waals surface area contributed by atoms with Gasteiger partial charge in [0.05, 0.1) is 5.52 Å². The van der Waals surface area contributed by atoms with Gasteiger partial charge in [-0.05, 0) is 93.2 Å². The number of benzene rings is 2. The van der Waals surface area contributed by atoms with Gasteiger partial charge in [-0.25, -0.2) is 4.79 Å². The van der Waals surface area contributed by atoms with Gasteiger partial charge in [-0.15, -0.1) is 0 Å². The molecular weight excluding hydrogens is 502 g/mol. The van der Waals surface area contributed by atoms with Gasteiger partial charge in [0.1, 0.15) is 0 Å².